The highest BCUT2D eigenvalue weighted by Gasteiger charge is 2.16. The average Bonchev–Trinajstić information content (AvgIpc) is 2.91. The number of nitrogens with zero attached hydrogens (tertiary/aromatic N) is 4. The van der Waals surface area contributed by atoms with Gasteiger partial charge in [0.05, 0.1) is 17.5 Å². The first-order valence-electron chi connectivity index (χ1n) is 6.12. The predicted octanol–water partition coefficient (Wildman–Crippen LogP) is 0.123. The Morgan fingerprint density at radius 2 is 2.26 bits per heavy atom. The molecule has 0 fully saturated rings. The molecule has 3 N–H and O–H groups in total. The van der Waals surface area contributed by atoms with Crippen LogP contribution in [0.5, 0.6) is 0 Å². The minimum Gasteiger partial charge on any atom is -0.366 e. The second-order valence-corrected chi connectivity index (χ2v) is 4.33. The number of nitrogens with one attached hydrogen (secondary N) is 1. The van der Waals surface area contributed by atoms with Crippen LogP contribution < -0.4 is 11.1 Å². The van der Waals surface area contributed by atoms with Crippen LogP contribution in [0.2, 0.25) is 0 Å². The Labute approximate surface area is 111 Å². The minimum atomic E-state index is -0.488. The Morgan fingerprint density at radius 1 is 1.53 bits per heavy atom. The summed E-state index contributed by atoms with van der Waals surface area (Å²) in [6.07, 6.45) is 3.08. The normalized spacial score (nSPS) is 10.9. The van der Waals surface area contributed by atoms with Gasteiger partial charge < -0.3 is 11.1 Å². The third-order valence-electron chi connectivity index (χ3n) is 2.95. The second kappa shape index (κ2) is 5.23. The third kappa shape index (κ3) is 2.50. The van der Waals surface area contributed by atoms with Crippen molar-refractivity contribution in [2.75, 3.05) is 6.54 Å². The molecule has 0 saturated heterocycles. The highest BCUT2D eigenvalue weighted by atomic mass is 16.1. The van der Waals surface area contributed by atoms with E-state index in [1.807, 2.05) is 20.9 Å². The van der Waals surface area contributed by atoms with Crippen LogP contribution in [0.25, 0.3) is 5.82 Å². The summed E-state index contributed by atoms with van der Waals surface area (Å²) in [6.45, 7) is 5.58. The van der Waals surface area contributed by atoms with Gasteiger partial charge in [-0.3, -0.25) is 9.48 Å². The van der Waals surface area contributed by atoms with Gasteiger partial charge in [0.25, 0.3) is 5.91 Å². The number of nitrogens with two attached hydrogens (primary N) is 1. The Hall–Kier alpha value is -2.15. The van der Waals surface area contributed by atoms with Crippen molar-refractivity contribution in [3.8, 4) is 5.82 Å². The molecule has 0 aliphatic rings. The van der Waals surface area contributed by atoms with Crippen molar-refractivity contribution in [2.24, 2.45) is 12.8 Å². The Morgan fingerprint density at radius 3 is 2.84 bits per heavy atom. The van der Waals surface area contributed by atoms with Crippen LogP contribution in [0.1, 0.15) is 28.5 Å². The third-order valence-corrected chi connectivity index (χ3v) is 2.95. The fourth-order valence-corrected chi connectivity index (χ4v) is 2.00. The molecule has 7 heteroatoms. The summed E-state index contributed by atoms with van der Waals surface area (Å²) in [5.41, 5.74) is 7.62. The molecule has 0 saturated carbocycles. The molecule has 2 aromatic heterocycles. The first kappa shape index (κ1) is 13.3. The number of amides is 1. The lowest BCUT2D eigenvalue weighted by Gasteiger charge is -2.06. The number of carbonyl (C=O) groups is 1. The van der Waals surface area contributed by atoms with E-state index >= 15 is 0 Å². The molecular weight excluding hydrogens is 244 g/mol. The van der Waals surface area contributed by atoms with Gasteiger partial charge in [-0.1, -0.05) is 6.92 Å². The van der Waals surface area contributed by atoms with E-state index in [9.17, 15) is 4.79 Å². The number of hydrogen-bond donors (Lipinski definition) is 2. The molecule has 0 unspecified atom stereocenters. The molecule has 19 heavy (non-hydrogen) atoms. The van der Waals surface area contributed by atoms with Gasteiger partial charge in [-0.15, -0.1) is 0 Å². The first-order valence-corrected chi connectivity index (χ1v) is 6.12. The van der Waals surface area contributed by atoms with Gasteiger partial charge in [0.15, 0.2) is 5.82 Å². The van der Waals surface area contributed by atoms with Crippen molar-refractivity contribution in [2.45, 2.75) is 20.4 Å². The molecule has 0 aliphatic heterocycles. The maximum absolute atomic E-state index is 11.1. The summed E-state index contributed by atoms with van der Waals surface area (Å²) in [5, 5.41) is 11.8. The molecule has 0 spiro atoms. The van der Waals surface area contributed by atoms with Crippen molar-refractivity contribution in [3.63, 3.8) is 0 Å². The molecule has 1 amide bonds. The largest absolute Gasteiger partial charge is 0.366 e. The van der Waals surface area contributed by atoms with E-state index in [-0.39, 0.29) is 0 Å². The molecule has 2 heterocycles. The molecule has 2 aromatic rings. The van der Waals surface area contributed by atoms with Gasteiger partial charge in [0.1, 0.15) is 0 Å². The van der Waals surface area contributed by atoms with Crippen molar-refractivity contribution < 1.29 is 4.79 Å². The van der Waals surface area contributed by atoms with E-state index in [2.05, 4.69) is 15.5 Å². The highest BCUT2D eigenvalue weighted by Crippen LogP contribution is 2.17. The molecule has 0 atom stereocenters. The van der Waals surface area contributed by atoms with Gasteiger partial charge >= 0.3 is 0 Å². The minimum absolute atomic E-state index is 0.383. The predicted molar refractivity (Wildman–Crippen MR) is 71.0 cm³/mol. The Bertz CT molecular complexity index is 597. The van der Waals surface area contributed by atoms with Gasteiger partial charge in [-0.05, 0) is 13.5 Å². The lowest BCUT2D eigenvalue weighted by atomic mass is 10.2. The standard InChI is InChI=1S/C12H18N6O/c1-4-14-6-10-8(2)16-17(3)12(10)18-7-9(5-15-18)11(13)19/h5,7,14H,4,6H2,1-3H3,(H2,13,19). The monoisotopic (exact) mass is 262 g/mol. The summed E-state index contributed by atoms with van der Waals surface area (Å²) < 4.78 is 3.38. The summed E-state index contributed by atoms with van der Waals surface area (Å²) in [4.78, 5) is 11.1. The smallest absolute Gasteiger partial charge is 0.251 e. The van der Waals surface area contributed by atoms with E-state index in [4.69, 9.17) is 5.73 Å². The van der Waals surface area contributed by atoms with Crippen LogP contribution in [-0.2, 0) is 13.6 Å². The summed E-state index contributed by atoms with van der Waals surface area (Å²) in [7, 11) is 1.85. The topological polar surface area (TPSA) is 90.8 Å². The Balaban J connectivity index is 2.44. The number of carbonyl (C=O) groups excluding carboxylic acids is 1. The molecule has 0 aromatic carbocycles. The fraction of sp³-hybridized carbons (Fsp3) is 0.417. The van der Waals surface area contributed by atoms with E-state index in [0.29, 0.717) is 12.1 Å². The molecule has 2 rings (SSSR count). The quantitative estimate of drug-likeness (QED) is 0.801. The zero-order valence-corrected chi connectivity index (χ0v) is 11.3. The average molecular weight is 262 g/mol. The van der Waals surface area contributed by atoms with Crippen molar-refractivity contribution >= 4 is 5.91 Å². The molecule has 0 aliphatic carbocycles. The summed E-state index contributed by atoms with van der Waals surface area (Å²) in [6, 6.07) is 0. The van der Waals surface area contributed by atoms with Gasteiger partial charge in [0, 0.05) is 25.4 Å². The lowest BCUT2D eigenvalue weighted by Crippen LogP contribution is -2.15. The molecule has 0 bridgehead atoms. The molecular formula is C12H18N6O. The van der Waals surface area contributed by atoms with Crippen LogP contribution in [0, 0.1) is 6.92 Å². The second-order valence-electron chi connectivity index (χ2n) is 4.33. The Kier molecular flexibility index (Phi) is 3.66. The molecule has 102 valence electrons. The van der Waals surface area contributed by atoms with Crippen LogP contribution in [0.15, 0.2) is 12.4 Å². The summed E-state index contributed by atoms with van der Waals surface area (Å²) in [5.74, 6) is 0.351. The van der Waals surface area contributed by atoms with Gasteiger partial charge in [-0.2, -0.15) is 10.2 Å². The SMILES string of the molecule is CCNCc1c(C)nn(C)c1-n1cc(C(N)=O)cn1. The summed E-state index contributed by atoms with van der Waals surface area (Å²) >= 11 is 0. The van der Waals surface area contributed by atoms with E-state index in [0.717, 1.165) is 23.6 Å². The van der Waals surface area contributed by atoms with Crippen molar-refractivity contribution in [3.05, 3.63) is 29.2 Å². The molecule has 0 radical (unpaired) electrons. The van der Waals surface area contributed by atoms with E-state index in [1.165, 1.54) is 6.20 Å². The lowest BCUT2D eigenvalue weighted by molar-refractivity contribution is 0.100. The number of primary amides is 1. The van der Waals surface area contributed by atoms with Gasteiger partial charge in [0.2, 0.25) is 0 Å². The fourth-order valence-electron chi connectivity index (χ4n) is 2.00. The molecule has 7 nitrogen and oxygen atoms in total. The van der Waals surface area contributed by atoms with Crippen LogP contribution in [-0.4, -0.2) is 32.0 Å². The zero-order chi connectivity index (χ0) is 14.0. The zero-order valence-electron chi connectivity index (χ0n) is 11.3. The van der Waals surface area contributed by atoms with Crippen molar-refractivity contribution in [1.82, 2.24) is 24.9 Å². The van der Waals surface area contributed by atoms with E-state index in [1.54, 1.807) is 15.6 Å². The van der Waals surface area contributed by atoms with E-state index < -0.39 is 5.91 Å². The van der Waals surface area contributed by atoms with Crippen molar-refractivity contribution in [1.29, 1.82) is 0 Å². The maximum Gasteiger partial charge on any atom is 0.251 e. The highest BCUT2D eigenvalue weighted by molar-refractivity contribution is 5.92. The number of rotatable bonds is 5. The van der Waals surface area contributed by atoms with Crippen LogP contribution in [0.4, 0.5) is 0 Å². The first-order chi connectivity index (χ1) is 9.04. The number of aromatic nitrogens is 4. The van der Waals surface area contributed by atoms with Crippen LogP contribution in [0.3, 0.4) is 0 Å². The maximum atomic E-state index is 11.1. The van der Waals surface area contributed by atoms with Crippen LogP contribution >= 0.6 is 0 Å². The number of hydrogen-bond acceptors (Lipinski definition) is 4. The number of aryl methyl sites for hydroxylation is 2. The van der Waals surface area contributed by atoms with Gasteiger partial charge in [-0.25, -0.2) is 4.68 Å².